The number of hydrogen-bond donors (Lipinski definition) is 3. The molecule has 3 nitrogen and oxygen atoms in total. The monoisotopic (exact) mass is 421 g/mol. The Morgan fingerprint density at radius 3 is 2.77 bits per heavy atom. The van der Waals surface area contributed by atoms with Gasteiger partial charge < -0.3 is 15.5 Å². The van der Waals surface area contributed by atoms with Gasteiger partial charge in [0.1, 0.15) is 0 Å². The summed E-state index contributed by atoms with van der Waals surface area (Å²) in [5.74, 6) is 7.34. The lowest BCUT2D eigenvalue weighted by atomic mass is 9.89. The van der Waals surface area contributed by atoms with Crippen LogP contribution in [0.3, 0.4) is 0 Å². The average Bonchev–Trinajstić information content (AvgIpc) is 3.29. The molecule has 2 aliphatic carbocycles. The van der Waals surface area contributed by atoms with Crippen LogP contribution in [-0.4, -0.2) is 29.0 Å². The molecule has 3 heteroatoms. The first-order chi connectivity index (χ1) is 15.1. The molecule has 1 aromatic rings. The molecule has 0 spiro atoms. The maximum atomic E-state index is 10.6. The van der Waals surface area contributed by atoms with Crippen LogP contribution in [0.2, 0.25) is 0 Å². The normalized spacial score (nSPS) is 28.3. The molecule has 2 aliphatic rings. The minimum Gasteiger partial charge on any atom is -0.392 e. The Morgan fingerprint density at radius 2 is 2.00 bits per heavy atom. The Kier molecular flexibility index (Phi) is 9.25. The van der Waals surface area contributed by atoms with Crippen molar-refractivity contribution in [2.24, 2.45) is 23.7 Å². The SMILES string of the molecule is CC#CC[C@@H](C)[C@H](O)/C=C/[C@@H]1[C@H]2C/C(=C/CCCCNc3ccccc3)C[C@H]2C[C@H]1O. The molecular weight excluding hydrogens is 382 g/mol. The van der Waals surface area contributed by atoms with Crippen molar-refractivity contribution in [1.82, 2.24) is 0 Å². The summed E-state index contributed by atoms with van der Waals surface area (Å²) in [7, 11) is 0. The maximum absolute atomic E-state index is 10.6. The molecule has 0 heterocycles. The lowest BCUT2D eigenvalue weighted by Crippen LogP contribution is -2.19. The van der Waals surface area contributed by atoms with Crippen molar-refractivity contribution in [1.29, 1.82) is 0 Å². The first kappa shape index (κ1) is 23.6. The van der Waals surface area contributed by atoms with Gasteiger partial charge in [-0.3, -0.25) is 0 Å². The summed E-state index contributed by atoms with van der Waals surface area (Å²) >= 11 is 0. The van der Waals surface area contributed by atoms with Crippen LogP contribution < -0.4 is 5.32 Å². The highest BCUT2D eigenvalue weighted by Crippen LogP contribution is 2.50. The molecule has 6 atom stereocenters. The van der Waals surface area contributed by atoms with Gasteiger partial charge in [-0.1, -0.05) is 48.9 Å². The number of rotatable bonds is 10. The van der Waals surface area contributed by atoms with E-state index in [1.165, 1.54) is 18.5 Å². The van der Waals surface area contributed by atoms with Gasteiger partial charge in [-0.15, -0.1) is 11.8 Å². The van der Waals surface area contributed by atoms with E-state index >= 15 is 0 Å². The fourth-order valence-corrected chi connectivity index (χ4v) is 5.12. The Bertz CT molecular complexity index is 788. The van der Waals surface area contributed by atoms with E-state index in [9.17, 15) is 10.2 Å². The fourth-order valence-electron chi connectivity index (χ4n) is 5.12. The number of aliphatic hydroxyl groups is 2. The van der Waals surface area contributed by atoms with Gasteiger partial charge in [0.15, 0.2) is 0 Å². The van der Waals surface area contributed by atoms with E-state index in [0.717, 1.165) is 32.2 Å². The number of benzene rings is 1. The van der Waals surface area contributed by atoms with E-state index in [-0.39, 0.29) is 17.9 Å². The number of fused-ring (bicyclic) bond motifs is 1. The van der Waals surface area contributed by atoms with Gasteiger partial charge in [0.2, 0.25) is 0 Å². The van der Waals surface area contributed by atoms with Crippen molar-refractivity contribution in [3.05, 3.63) is 54.1 Å². The van der Waals surface area contributed by atoms with Crippen LogP contribution in [0.1, 0.15) is 58.8 Å². The van der Waals surface area contributed by atoms with E-state index in [1.54, 1.807) is 5.57 Å². The van der Waals surface area contributed by atoms with Crippen LogP contribution in [-0.2, 0) is 0 Å². The number of nitrogens with one attached hydrogen (secondary N) is 1. The van der Waals surface area contributed by atoms with Gasteiger partial charge in [0.05, 0.1) is 12.2 Å². The van der Waals surface area contributed by atoms with Gasteiger partial charge in [-0.25, -0.2) is 0 Å². The summed E-state index contributed by atoms with van der Waals surface area (Å²) in [6.45, 7) is 4.87. The Labute approximate surface area is 188 Å². The molecule has 31 heavy (non-hydrogen) atoms. The van der Waals surface area contributed by atoms with E-state index in [4.69, 9.17) is 0 Å². The summed E-state index contributed by atoms with van der Waals surface area (Å²) in [4.78, 5) is 0. The van der Waals surface area contributed by atoms with Gasteiger partial charge in [-0.2, -0.15) is 0 Å². The fraction of sp³-hybridized carbons (Fsp3) is 0.571. The largest absolute Gasteiger partial charge is 0.392 e. The highest BCUT2D eigenvalue weighted by molar-refractivity contribution is 5.42. The average molecular weight is 422 g/mol. The van der Waals surface area contributed by atoms with Crippen molar-refractivity contribution in [3.8, 4) is 11.8 Å². The Morgan fingerprint density at radius 1 is 1.19 bits per heavy atom. The highest BCUT2D eigenvalue weighted by atomic mass is 16.3. The second-order valence-electron chi connectivity index (χ2n) is 9.35. The van der Waals surface area contributed by atoms with Gasteiger partial charge in [-0.05, 0) is 75.3 Å². The number of aliphatic hydroxyl groups excluding tert-OH is 2. The van der Waals surface area contributed by atoms with Gasteiger partial charge in [0, 0.05) is 24.6 Å². The molecule has 0 radical (unpaired) electrons. The number of unbranched alkanes of at least 4 members (excludes halogenated alkanes) is 2. The third-order valence-corrected chi connectivity index (χ3v) is 6.99. The van der Waals surface area contributed by atoms with Crippen molar-refractivity contribution in [3.63, 3.8) is 0 Å². The zero-order chi connectivity index (χ0) is 22.1. The Hall–Kier alpha value is -2.02. The predicted octanol–water partition coefficient (Wildman–Crippen LogP) is 5.57. The molecule has 0 saturated heterocycles. The molecule has 3 rings (SSSR count). The molecule has 2 saturated carbocycles. The molecule has 0 unspecified atom stereocenters. The minimum atomic E-state index is -0.493. The van der Waals surface area contributed by atoms with Crippen molar-refractivity contribution in [2.75, 3.05) is 11.9 Å². The summed E-state index contributed by atoms with van der Waals surface area (Å²) in [6, 6.07) is 10.4. The standard InChI is InChI=1S/C28H39NO2/c1-3-4-11-21(2)27(30)16-15-25-26-19-22(18-23(26)20-28(25)31)12-7-6-10-17-29-24-13-8-5-9-14-24/h5,8-9,12-16,21,23,25-31H,6-7,10-11,17-20H2,1-2H3/b16-15+,22-12+/t21-,23+,25-,26+,27-,28-/m1/s1. The molecule has 0 amide bonds. The smallest absolute Gasteiger partial charge is 0.0755 e. The summed E-state index contributed by atoms with van der Waals surface area (Å²) in [5, 5.41) is 24.4. The lowest BCUT2D eigenvalue weighted by Gasteiger charge is -2.19. The topological polar surface area (TPSA) is 52.5 Å². The third kappa shape index (κ3) is 6.99. The zero-order valence-electron chi connectivity index (χ0n) is 19.1. The van der Waals surface area contributed by atoms with Crippen LogP contribution in [0.5, 0.6) is 0 Å². The maximum Gasteiger partial charge on any atom is 0.0755 e. The van der Waals surface area contributed by atoms with E-state index in [2.05, 4.69) is 53.6 Å². The molecule has 3 N–H and O–H groups in total. The number of allylic oxidation sites excluding steroid dienone is 2. The van der Waals surface area contributed by atoms with Gasteiger partial charge in [0.25, 0.3) is 0 Å². The predicted molar refractivity (Wildman–Crippen MR) is 130 cm³/mol. The van der Waals surface area contributed by atoms with Crippen LogP contribution in [0.15, 0.2) is 54.1 Å². The molecule has 2 fully saturated rings. The molecule has 1 aromatic carbocycles. The molecular formula is C28H39NO2. The first-order valence-corrected chi connectivity index (χ1v) is 12.0. The van der Waals surface area contributed by atoms with Crippen LogP contribution in [0.25, 0.3) is 0 Å². The second-order valence-corrected chi connectivity index (χ2v) is 9.35. The van der Waals surface area contributed by atoms with E-state index in [1.807, 2.05) is 26.0 Å². The van der Waals surface area contributed by atoms with Crippen molar-refractivity contribution in [2.45, 2.75) is 71.0 Å². The van der Waals surface area contributed by atoms with E-state index in [0.29, 0.717) is 18.3 Å². The third-order valence-electron chi connectivity index (χ3n) is 6.99. The molecule has 0 bridgehead atoms. The lowest BCUT2D eigenvalue weighted by molar-refractivity contribution is 0.137. The van der Waals surface area contributed by atoms with Crippen LogP contribution in [0, 0.1) is 35.5 Å². The van der Waals surface area contributed by atoms with Gasteiger partial charge >= 0.3 is 0 Å². The summed E-state index contributed by atoms with van der Waals surface area (Å²) in [6.07, 6.45) is 13.0. The molecule has 0 aromatic heterocycles. The minimum absolute atomic E-state index is 0.119. The van der Waals surface area contributed by atoms with Crippen LogP contribution in [0.4, 0.5) is 5.69 Å². The number of para-hydroxylation sites is 1. The van der Waals surface area contributed by atoms with E-state index < -0.39 is 6.10 Å². The molecule has 0 aliphatic heterocycles. The quantitative estimate of drug-likeness (QED) is 0.263. The number of anilines is 1. The van der Waals surface area contributed by atoms with Crippen molar-refractivity contribution < 1.29 is 10.2 Å². The molecule has 168 valence electrons. The number of hydrogen-bond acceptors (Lipinski definition) is 3. The van der Waals surface area contributed by atoms with Crippen LogP contribution >= 0.6 is 0 Å². The summed E-state index contributed by atoms with van der Waals surface area (Å²) in [5.41, 5.74) is 2.77. The second kappa shape index (κ2) is 12.1. The van der Waals surface area contributed by atoms with Crippen molar-refractivity contribution >= 4 is 5.69 Å². The summed E-state index contributed by atoms with van der Waals surface area (Å²) < 4.78 is 0. The first-order valence-electron chi connectivity index (χ1n) is 12.0. The highest BCUT2D eigenvalue weighted by Gasteiger charge is 2.44. The Balaban J connectivity index is 1.41. The zero-order valence-corrected chi connectivity index (χ0v) is 19.1.